The zero-order chi connectivity index (χ0) is 18.0. The number of rotatable bonds is 4. The van der Waals surface area contributed by atoms with Crippen LogP contribution >= 0.6 is 0 Å². The van der Waals surface area contributed by atoms with Gasteiger partial charge < -0.3 is 19.1 Å². The van der Waals surface area contributed by atoms with Crippen molar-refractivity contribution in [2.75, 3.05) is 27.9 Å². The quantitative estimate of drug-likeness (QED) is 0.857. The van der Waals surface area contributed by atoms with E-state index in [-0.39, 0.29) is 11.9 Å². The summed E-state index contributed by atoms with van der Waals surface area (Å²) in [5.74, 6) is 2.29. The second-order valence-corrected chi connectivity index (χ2v) is 6.08. The van der Waals surface area contributed by atoms with Crippen LogP contribution in [0.4, 0.5) is 0 Å². The molecule has 2 aromatic rings. The lowest BCUT2D eigenvalue weighted by Crippen LogP contribution is -2.39. The molecule has 1 aliphatic rings. The van der Waals surface area contributed by atoms with E-state index in [2.05, 4.69) is 6.07 Å². The van der Waals surface area contributed by atoms with Crippen LogP contribution in [-0.2, 0) is 11.2 Å². The Bertz CT molecular complexity index is 765. The van der Waals surface area contributed by atoms with Crippen molar-refractivity contribution in [3.05, 3.63) is 53.1 Å². The van der Waals surface area contributed by atoms with E-state index in [1.807, 2.05) is 35.2 Å². The van der Waals surface area contributed by atoms with Gasteiger partial charge in [-0.3, -0.25) is 4.79 Å². The second kappa shape index (κ2) is 7.05. The summed E-state index contributed by atoms with van der Waals surface area (Å²) in [5.41, 5.74) is 3.28. The highest BCUT2D eigenvalue weighted by molar-refractivity contribution is 5.75. The molecule has 132 valence electrons. The van der Waals surface area contributed by atoms with Gasteiger partial charge in [-0.15, -0.1) is 0 Å². The van der Waals surface area contributed by atoms with Crippen LogP contribution in [0.15, 0.2) is 36.4 Å². The number of ether oxygens (including phenoxy) is 3. The Morgan fingerprint density at radius 2 is 1.60 bits per heavy atom. The first-order valence-electron chi connectivity index (χ1n) is 8.24. The normalized spacial score (nSPS) is 16.2. The van der Waals surface area contributed by atoms with E-state index in [9.17, 15) is 4.79 Å². The molecule has 5 nitrogen and oxygen atoms in total. The SMILES string of the molecule is COc1cc(OC)cc(C2c3ccc(OC)cc3CCN2C(C)=O)c1. The minimum atomic E-state index is -0.170. The molecule has 3 rings (SSSR count). The Kier molecular flexibility index (Phi) is 4.83. The molecule has 2 aromatic carbocycles. The fraction of sp³-hybridized carbons (Fsp3) is 0.350. The molecule has 1 amide bonds. The predicted octanol–water partition coefficient (Wildman–Crippen LogP) is 3.21. The van der Waals surface area contributed by atoms with E-state index < -0.39 is 0 Å². The summed E-state index contributed by atoms with van der Waals surface area (Å²) < 4.78 is 16.2. The first-order chi connectivity index (χ1) is 12.1. The Hall–Kier alpha value is -2.69. The van der Waals surface area contributed by atoms with Gasteiger partial charge in [0, 0.05) is 19.5 Å². The van der Waals surface area contributed by atoms with Crippen molar-refractivity contribution in [1.29, 1.82) is 0 Å². The van der Waals surface area contributed by atoms with Gasteiger partial charge >= 0.3 is 0 Å². The third-order valence-corrected chi connectivity index (χ3v) is 4.67. The highest BCUT2D eigenvalue weighted by Gasteiger charge is 2.31. The predicted molar refractivity (Wildman–Crippen MR) is 95.5 cm³/mol. The van der Waals surface area contributed by atoms with Crippen LogP contribution in [0.5, 0.6) is 17.2 Å². The zero-order valence-corrected chi connectivity index (χ0v) is 15.0. The van der Waals surface area contributed by atoms with Crippen molar-refractivity contribution in [3.8, 4) is 17.2 Å². The second-order valence-electron chi connectivity index (χ2n) is 6.08. The molecule has 1 atom stereocenters. The number of methoxy groups -OCH3 is 3. The maximum atomic E-state index is 12.3. The van der Waals surface area contributed by atoms with Crippen LogP contribution in [0.3, 0.4) is 0 Å². The minimum Gasteiger partial charge on any atom is -0.497 e. The number of hydrogen-bond acceptors (Lipinski definition) is 4. The molecule has 0 aliphatic carbocycles. The molecular weight excluding hydrogens is 318 g/mol. The van der Waals surface area contributed by atoms with E-state index >= 15 is 0 Å². The number of fused-ring (bicyclic) bond motifs is 1. The number of carbonyl (C=O) groups excluding carboxylic acids is 1. The van der Waals surface area contributed by atoms with E-state index in [4.69, 9.17) is 14.2 Å². The first-order valence-corrected chi connectivity index (χ1v) is 8.24. The van der Waals surface area contributed by atoms with Crippen LogP contribution < -0.4 is 14.2 Å². The van der Waals surface area contributed by atoms with Gasteiger partial charge in [0.2, 0.25) is 5.91 Å². The average molecular weight is 341 g/mol. The summed E-state index contributed by atoms with van der Waals surface area (Å²) in [6.45, 7) is 2.28. The number of amides is 1. The topological polar surface area (TPSA) is 48.0 Å². The molecular formula is C20H23NO4. The van der Waals surface area contributed by atoms with Crippen LogP contribution in [0.25, 0.3) is 0 Å². The summed E-state index contributed by atoms with van der Waals surface area (Å²) in [4.78, 5) is 14.2. The Morgan fingerprint density at radius 3 is 2.16 bits per heavy atom. The number of hydrogen-bond donors (Lipinski definition) is 0. The molecule has 0 radical (unpaired) electrons. The highest BCUT2D eigenvalue weighted by atomic mass is 16.5. The van der Waals surface area contributed by atoms with E-state index in [0.29, 0.717) is 18.0 Å². The van der Waals surface area contributed by atoms with Crippen molar-refractivity contribution in [2.24, 2.45) is 0 Å². The van der Waals surface area contributed by atoms with Gasteiger partial charge in [-0.2, -0.15) is 0 Å². The van der Waals surface area contributed by atoms with Crippen molar-refractivity contribution >= 4 is 5.91 Å². The summed E-state index contributed by atoms with van der Waals surface area (Å²) in [7, 11) is 4.92. The van der Waals surface area contributed by atoms with Crippen molar-refractivity contribution < 1.29 is 19.0 Å². The van der Waals surface area contributed by atoms with Crippen LogP contribution in [0, 0.1) is 0 Å². The standard InChI is InChI=1S/C20H23NO4/c1-13(22)21-8-7-14-9-16(23-2)5-6-19(14)20(21)15-10-17(24-3)12-18(11-15)25-4/h5-6,9-12,20H,7-8H2,1-4H3. The van der Waals surface area contributed by atoms with Crippen LogP contribution in [0.1, 0.15) is 29.7 Å². The van der Waals surface area contributed by atoms with E-state index in [0.717, 1.165) is 23.3 Å². The molecule has 0 bridgehead atoms. The molecule has 0 spiro atoms. The summed E-state index contributed by atoms with van der Waals surface area (Å²) in [6.07, 6.45) is 0.809. The molecule has 0 fully saturated rings. The average Bonchev–Trinajstić information content (AvgIpc) is 2.65. The fourth-order valence-corrected chi connectivity index (χ4v) is 3.42. The van der Waals surface area contributed by atoms with Crippen LogP contribution in [-0.4, -0.2) is 38.7 Å². The van der Waals surface area contributed by atoms with Gasteiger partial charge in [-0.25, -0.2) is 0 Å². The van der Waals surface area contributed by atoms with Gasteiger partial charge in [0.05, 0.1) is 27.4 Å². The summed E-state index contributed by atoms with van der Waals surface area (Å²) in [5, 5.41) is 0. The van der Waals surface area contributed by atoms with Gasteiger partial charge in [-0.05, 0) is 47.4 Å². The smallest absolute Gasteiger partial charge is 0.220 e. The van der Waals surface area contributed by atoms with E-state index in [1.54, 1.807) is 28.3 Å². The number of nitrogens with zero attached hydrogens (tertiary/aromatic N) is 1. The lowest BCUT2D eigenvalue weighted by atomic mass is 9.87. The fourth-order valence-electron chi connectivity index (χ4n) is 3.42. The Morgan fingerprint density at radius 1 is 0.960 bits per heavy atom. The Labute approximate surface area is 148 Å². The number of carbonyl (C=O) groups is 1. The molecule has 5 heteroatoms. The molecule has 0 saturated carbocycles. The molecule has 1 heterocycles. The largest absolute Gasteiger partial charge is 0.497 e. The molecule has 0 saturated heterocycles. The Balaban J connectivity index is 2.15. The maximum absolute atomic E-state index is 12.3. The molecule has 0 aromatic heterocycles. The lowest BCUT2D eigenvalue weighted by Gasteiger charge is -2.37. The molecule has 25 heavy (non-hydrogen) atoms. The van der Waals surface area contributed by atoms with Gasteiger partial charge in [-0.1, -0.05) is 6.07 Å². The molecule has 1 unspecified atom stereocenters. The number of benzene rings is 2. The summed E-state index contributed by atoms with van der Waals surface area (Å²) >= 11 is 0. The van der Waals surface area contributed by atoms with Gasteiger partial charge in [0.1, 0.15) is 17.2 Å². The first kappa shape index (κ1) is 17.1. The minimum absolute atomic E-state index is 0.0493. The third kappa shape index (κ3) is 3.27. The lowest BCUT2D eigenvalue weighted by molar-refractivity contribution is -0.130. The van der Waals surface area contributed by atoms with Gasteiger partial charge in [0.25, 0.3) is 0 Å². The molecule has 0 N–H and O–H groups in total. The monoisotopic (exact) mass is 341 g/mol. The maximum Gasteiger partial charge on any atom is 0.220 e. The van der Waals surface area contributed by atoms with Crippen LogP contribution in [0.2, 0.25) is 0 Å². The third-order valence-electron chi connectivity index (χ3n) is 4.67. The zero-order valence-electron chi connectivity index (χ0n) is 15.0. The molecule has 1 aliphatic heterocycles. The van der Waals surface area contributed by atoms with Crippen molar-refractivity contribution in [2.45, 2.75) is 19.4 Å². The van der Waals surface area contributed by atoms with Crippen molar-refractivity contribution in [3.63, 3.8) is 0 Å². The van der Waals surface area contributed by atoms with Crippen molar-refractivity contribution in [1.82, 2.24) is 4.90 Å². The summed E-state index contributed by atoms with van der Waals surface area (Å²) in [6, 6.07) is 11.6. The van der Waals surface area contributed by atoms with Gasteiger partial charge in [0.15, 0.2) is 0 Å². The highest BCUT2D eigenvalue weighted by Crippen LogP contribution is 2.39. The van der Waals surface area contributed by atoms with E-state index in [1.165, 1.54) is 5.56 Å².